The Balaban J connectivity index is 2.89. The smallest absolute Gasteiger partial charge is 0.236 e. The normalized spacial score (nSPS) is 10.8. The van der Waals surface area contributed by atoms with Crippen LogP contribution in [0.15, 0.2) is 18.3 Å². The highest BCUT2D eigenvalue weighted by molar-refractivity contribution is 5.53. The lowest BCUT2D eigenvalue weighted by atomic mass is 10.2. The minimum Gasteiger partial charge on any atom is -0.395 e. The number of nitrogens with zero attached hydrogens (tertiary/aromatic N) is 1. The van der Waals surface area contributed by atoms with Gasteiger partial charge < -0.3 is 11.5 Å². The molecule has 12 heavy (non-hydrogen) atoms. The van der Waals surface area contributed by atoms with Gasteiger partial charge in [0.05, 0.1) is 5.69 Å². The van der Waals surface area contributed by atoms with Crippen molar-refractivity contribution >= 4 is 11.8 Å². The van der Waals surface area contributed by atoms with E-state index in [0.29, 0.717) is 6.54 Å². The first-order valence-electron chi connectivity index (χ1n) is 3.51. The highest BCUT2D eigenvalue weighted by atomic mass is 19.1. The van der Waals surface area contributed by atoms with Crippen molar-refractivity contribution in [1.29, 1.82) is 0 Å². The van der Waals surface area contributed by atoms with Crippen LogP contribution in [0.2, 0.25) is 0 Å². The molecule has 1 aromatic heterocycles. The molecule has 1 heterocycles. The number of anilines is 1. The topological polar surface area (TPSA) is 64.9 Å². The first kappa shape index (κ1) is 8.67. The lowest BCUT2D eigenvalue weighted by molar-refractivity contribution is 0.588. The molecule has 0 saturated heterocycles. The molecule has 0 fully saturated rings. The molecule has 0 saturated carbocycles. The SMILES string of the molecule is NCC=Cc1cnc(F)c(N)c1. The predicted octanol–water partition coefficient (Wildman–Crippen LogP) is 0.775. The van der Waals surface area contributed by atoms with Crippen molar-refractivity contribution in [3.05, 3.63) is 29.9 Å². The summed E-state index contributed by atoms with van der Waals surface area (Å²) in [5.41, 5.74) is 11.3. The Kier molecular flexibility index (Phi) is 2.76. The lowest BCUT2D eigenvalue weighted by Crippen LogP contribution is -1.95. The second-order valence-electron chi connectivity index (χ2n) is 2.29. The van der Waals surface area contributed by atoms with E-state index in [1.54, 1.807) is 12.2 Å². The van der Waals surface area contributed by atoms with Crippen molar-refractivity contribution < 1.29 is 4.39 Å². The molecule has 1 aromatic rings. The molecule has 0 aliphatic heterocycles. The Morgan fingerprint density at radius 1 is 1.58 bits per heavy atom. The largest absolute Gasteiger partial charge is 0.395 e. The summed E-state index contributed by atoms with van der Waals surface area (Å²) in [5.74, 6) is -0.639. The minimum atomic E-state index is -0.639. The molecule has 0 bridgehead atoms. The van der Waals surface area contributed by atoms with E-state index in [0.717, 1.165) is 5.56 Å². The van der Waals surface area contributed by atoms with Crippen LogP contribution >= 0.6 is 0 Å². The second kappa shape index (κ2) is 3.82. The molecule has 4 heteroatoms. The van der Waals surface area contributed by atoms with Crippen molar-refractivity contribution in [1.82, 2.24) is 4.98 Å². The predicted molar refractivity (Wildman–Crippen MR) is 46.7 cm³/mol. The van der Waals surface area contributed by atoms with E-state index in [2.05, 4.69) is 4.98 Å². The second-order valence-corrected chi connectivity index (χ2v) is 2.29. The van der Waals surface area contributed by atoms with Gasteiger partial charge in [-0.2, -0.15) is 4.39 Å². The van der Waals surface area contributed by atoms with Crippen LogP contribution in [-0.2, 0) is 0 Å². The number of nitrogen functional groups attached to an aromatic ring is 1. The standard InChI is InChI=1S/C8H10FN3/c9-8-7(11)4-6(5-12-8)2-1-3-10/h1-2,4-5H,3,10-11H2. The number of pyridine rings is 1. The third-order valence-corrected chi connectivity index (χ3v) is 1.33. The molecule has 0 radical (unpaired) electrons. The number of halogens is 1. The Morgan fingerprint density at radius 3 is 2.92 bits per heavy atom. The Bertz CT molecular complexity index is 296. The van der Waals surface area contributed by atoms with Gasteiger partial charge in [0.2, 0.25) is 5.95 Å². The zero-order chi connectivity index (χ0) is 8.97. The van der Waals surface area contributed by atoms with Crippen LogP contribution in [0, 0.1) is 5.95 Å². The summed E-state index contributed by atoms with van der Waals surface area (Å²) in [7, 11) is 0. The van der Waals surface area contributed by atoms with Gasteiger partial charge in [0, 0.05) is 12.7 Å². The Labute approximate surface area is 69.9 Å². The molecular formula is C8H10FN3. The van der Waals surface area contributed by atoms with Crippen molar-refractivity contribution in [2.24, 2.45) is 5.73 Å². The first-order chi connectivity index (χ1) is 5.74. The van der Waals surface area contributed by atoms with Crippen molar-refractivity contribution in [2.45, 2.75) is 0 Å². The average Bonchev–Trinajstić information content (AvgIpc) is 2.07. The number of rotatable bonds is 2. The van der Waals surface area contributed by atoms with E-state index in [1.165, 1.54) is 12.3 Å². The van der Waals surface area contributed by atoms with Gasteiger partial charge in [-0.05, 0) is 11.6 Å². The fourth-order valence-electron chi connectivity index (χ4n) is 0.777. The van der Waals surface area contributed by atoms with Gasteiger partial charge in [-0.15, -0.1) is 0 Å². The molecule has 1 rings (SSSR count). The van der Waals surface area contributed by atoms with E-state index in [4.69, 9.17) is 11.5 Å². The zero-order valence-electron chi connectivity index (χ0n) is 6.50. The first-order valence-corrected chi connectivity index (χ1v) is 3.51. The van der Waals surface area contributed by atoms with E-state index < -0.39 is 5.95 Å². The van der Waals surface area contributed by atoms with Crippen molar-refractivity contribution in [2.75, 3.05) is 12.3 Å². The average molecular weight is 167 g/mol. The summed E-state index contributed by atoms with van der Waals surface area (Å²) < 4.78 is 12.5. The molecule has 0 amide bonds. The maximum absolute atomic E-state index is 12.5. The number of hydrogen-bond acceptors (Lipinski definition) is 3. The van der Waals surface area contributed by atoms with Gasteiger partial charge in [-0.1, -0.05) is 12.2 Å². The van der Waals surface area contributed by atoms with E-state index in [9.17, 15) is 4.39 Å². The fraction of sp³-hybridized carbons (Fsp3) is 0.125. The van der Waals surface area contributed by atoms with Crippen LogP contribution in [0.25, 0.3) is 6.08 Å². The summed E-state index contributed by atoms with van der Waals surface area (Å²) in [6, 6.07) is 1.51. The van der Waals surface area contributed by atoms with Gasteiger partial charge in [0.1, 0.15) is 0 Å². The van der Waals surface area contributed by atoms with Crippen LogP contribution < -0.4 is 11.5 Å². The molecule has 0 spiro atoms. The quantitative estimate of drug-likeness (QED) is 0.639. The van der Waals surface area contributed by atoms with Crippen molar-refractivity contribution in [3.63, 3.8) is 0 Å². The van der Waals surface area contributed by atoms with Gasteiger partial charge in [0.25, 0.3) is 0 Å². The molecule has 3 nitrogen and oxygen atoms in total. The van der Waals surface area contributed by atoms with Gasteiger partial charge in [-0.25, -0.2) is 4.98 Å². The van der Waals surface area contributed by atoms with E-state index in [-0.39, 0.29) is 5.69 Å². The van der Waals surface area contributed by atoms with Crippen LogP contribution in [0.3, 0.4) is 0 Å². The highest BCUT2D eigenvalue weighted by Gasteiger charge is 1.97. The van der Waals surface area contributed by atoms with Crippen LogP contribution in [0.1, 0.15) is 5.56 Å². The summed E-state index contributed by atoms with van der Waals surface area (Å²) in [6.07, 6.45) is 4.88. The Hall–Kier alpha value is -1.42. The maximum atomic E-state index is 12.5. The maximum Gasteiger partial charge on any atom is 0.236 e. The molecule has 0 unspecified atom stereocenters. The molecule has 0 aliphatic carbocycles. The summed E-state index contributed by atoms with van der Waals surface area (Å²) >= 11 is 0. The number of aromatic nitrogens is 1. The molecule has 4 N–H and O–H groups in total. The fourth-order valence-corrected chi connectivity index (χ4v) is 0.777. The molecular weight excluding hydrogens is 157 g/mol. The van der Waals surface area contributed by atoms with Crippen LogP contribution in [0.5, 0.6) is 0 Å². The Morgan fingerprint density at radius 2 is 2.33 bits per heavy atom. The zero-order valence-corrected chi connectivity index (χ0v) is 6.50. The third-order valence-electron chi connectivity index (χ3n) is 1.33. The molecule has 0 aromatic carbocycles. The third kappa shape index (κ3) is 2.03. The van der Waals surface area contributed by atoms with Gasteiger partial charge in [-0.3, -0.25) is 0 Å². The lowest BCUT2D eigenvalue weighted by Gasteiger charge is -1.96. The number of hydrogen-bond donors (Lipinski definition) is 2. The van der Waals surface area contributed by atoms with Crippen LogP contribution in [-0.4, -0.2) is 11.5 Å². The monoisotopic (exact) mass is 167 g/mol. The summed E-state index contributed by atoms with van der Waals surface area (Å²) in [6.45, 7) is 0.442. The molecule has 0 aliphatic rings. The molecule has 64 valence electrons. The van der Waals surface area contributed by atoms with E-state index in [1.807, 2.05) is 0 Å². The summed E-state index contributed by atoms with van der Waals surface area (Å²) in [5, 5.41) is 0. The van der Waals surface area contributed by atoms with E-state index >= 15 is 0 Å². The van der Waals surface area contributed by atoms with Crippen molar-refractivity contribution in [3.8, 4) is 0 Å². The molecule has 0 atom stereocenters. The number of nitrogens with two attached hydrogens (primary N) is 2. The highest BCUT2D eigenvalue weighted by Crippen LogP contribution is 2.09. The van der Waals surface area contributed by atoms with Crippen LogP contribution in [0.4, 0.5) is 10.1 Å². The minimum absolute atomic E-state index is 0.0502. The van der Waals surface area contributed by atoms with Gasteiger partial charge in [0.15, 0.2) is 0 Å². The van der Waals surface area contributed by atoms with Gasteiger partial charge >= 0.3 is 0 Å². The summed E-state index contributed by atoms with van der Waals surface area (Å²) in [4.78, 5) is 3.45.